The Bertz CT molecular complexity index is 435. The molecule has 1 amide bonds. The highest BCUT2D eigenvalue weighted by molar-refractivity contribution is 5.80. The van der Waals surface area contributed by atoms with E-state index >= 15 is 0 Å². The van der Waals surface area contributed by atoms with Crippen LogP contribution in [0, 0.1) is 11.7 Å². The van der Waals surface area contributed by atoms with Gasteiger partial charge in [0.05, 0.1) is 6.61 Å². The van der Waals surface area contributed by atoms with Crippen molar-refractivity contribution in [3.63, 3.8) is 0 Å². The predicted octanol–water partition coefficient (Wildman–Crippen LogP) is 1.86. The summed E-state index contributed by atoms with van der Waals surface area (Å²) in [6.45, 7) is 5.70. The summed E-state index contributed by atoms with van der Waals surface area (Å²) in [5.74, 6) is -0.634. The van der Waals surface area contributed by atoms with Gasteiger partial charge in [0, 0.05) is 12.1 Å². The number of ether oxygens (including phenoxy) is 1. The number of nitrogens with one attached hydrogen (secondary N) is 1. The highest BCUT2D eigenvalue weighted by Gasteiger charge is 2.18. The van der Waals surface area contributed by atoms with Gasteiger partial charge in [0.25, 0.3) is 5.91 Å². The van der Waals surface area contributed by atoms with Crippen LogP contribution in [0.1, 0.15) is 26.3 Å². The Hall–Kier alpha value is -1.62. The van der Waals surface area contributed by atoms with Crippen LogP contribution in [0.3, 0.4) is 0 Å². The minimum Gasteiger partial charge on any atom is -0.477 e. The van der Waals surface area contributed by atoms with Crippen LogP contribution in [0.15, 0.2) is 18.2 Å². The van der Waals surface area contributed by atoms with Crippen molar-refractivity contribution in [3.8, 4) is 5.75 Å². The number of carbonyl (C=O) groups excluding carboxylic acids is 1. The third-order valence-electron chi connectivity index (χ3n) is 2.57. The number of amides is 1. The van der Waals surface area contributed by atoms with Gasteiger partial charge in [-0.05, 0) is 18.9 Å². The first-order chi connectivity index (χ1) is 8.95. The van der Waals surface area contributed by atoms with Crippen LogP contribution in [-0.4, -0.2) is 23.7 Å². The molecule has 1 aromatic rings. The summed E-state index contributed by atoms with van der Waals surface area (Å²) >= 11 is 0. The van der Waals surface area contributed by atoms with Crippen LogP contribution in [0.4, 0.5) is 4.39 Å². The highest BCUT2D eigenvalue weighted by atomic mass is 19.1. The standard InChI is InChI=1S/C14H20FNO3/c1-9(2)7-16-14(18)10(3)19-13-11(8-17)5-4-6-12(13)15/h4-6,9-10,17H,7-8H2,1-3H3,(H,16,18). The minimum atomic E-state index is -0.819. The van der Waals surface area contributed by atoms with Gasteiger partial charge in [-0.3, -0.25) is 4.79 Å². The van der Waals surface area contributed by atoms with Crippen molar-refractivity contribution in [3.05, 3.63) is 29.6 Å². The maximum Gasteiger partial charge on any atom is 0.260 e. The van der Waals surface area contributed by atoms with Crippen LogP contribution in [-0.2, 0) is 11.4 Å². The lowest BCUT2D eigenvalue weighted by molar-refractivity contribution is -0.127. The summed E-state index contributed by atoms with van der Waals surface area (Å²) in [5.41, 5.74) is 0.323. The predicted molar refractivity (Wildman–Crippen MR) is 70.3 cm³/mol. The van der Waals surface area contributed by atoms with Gasteiger partial charge >= 0.3 is 0 Å². The molecule has 5 heteroatoms. The van der Waals surface area contributed by atoms with Gasteiger partial charge in [0.2, 0.25) is 0 Å². The zero-order valence-corrected chi connectivity index (χ0v) is 11.4. The van der Waals surface area contributed by atoms with E-state index in [1.54, 1.807) is 13.0 Å². The summed E-state index contributed by atoms with van der Waals surface area (Å²) in [6.07, 6.45) is -0.819. The lowest BCUT2D eigenvalue weighted by atomic mass is 10.2. The molecule has 0 aromatic heterocycles. The number of aliphatic hydroxyl groups excluding tert-OH is 1. The molecule has 4 nitrogen and oxygen atoms in total. The van der Waals surface area contributed by atoms with Gasteiger partial charge in [-0.1, -0.05) is 26.0 Å². The summed E-state index contributed by atoms with van der Waals surface area (Å²) in [5, 5.41) is 11.8. The third kappa shape index (κ3) is 4.52. The summed E-state index contributed by atoms with van der Waals surface area (Å²) < 4.78 is 18.9. The molecular formula is C14H20FNO3. The molecule has 0 fully saturated rings. The quantitative estimate of drug-likeness (QED) is 0.828. The molecule has 1 atom stereocenters. The fraction of sp³-hybridized carbons (Fsp3) is 0.500. The van der Waals surface area contributed by atoms with E-state index in [4.69, 9.17) is 9.84 Å². The van der Waals surface area contributed by atoms with Crippen molar-refractivity contribution in [2.45, 2.75) is 33.5 Å². The molecule has 0 heterocycles. The topological polar surface area (TPSA) is 58.6 Å². The second-order valence-corrected chi connectivity index (χ2v) is 4.79. The molecule has 0 saturated carbocycles. The molecule has 0 spiro atoms. The maximum atomic E-state index is 13.6. The Morgan fingerprint density at radius 2 is 2.11 bits per heavy atom. The Morgan fingerprint density at radius 1 is 1.42 bits per heavy atom. The van der Waals surface area contributed by atoms with Gasteiger partial charge in [-0.15, -0.1) is 0 Å². The van der Waals surface area contributed by atoms with E-state index in [0.29, 0.717) is 18.0 Å². The molecule has 0 aliphatic rings. The zero-order valence-electron chi connectivity index (χ0n) is 11.4. The summed E-state index contributed by atoms with van der Waals surface area (Å²) in [6, 6.07) is 4.27. The number of rotatable bonds is 6. The second kappa shape index (κ2) is 7.09. The molecule has 0 bridgehead atoms. The van der Waals surface area contributed by atoms with Crippen molar-refractivity contribution in [2.75, 3.05) is 6.54 Å². The normalized spacial score (nSPS) is 12.3. The smallest absolute Gasteiger partial charge is 0.260 e. The first-order valence-corrected chi connectivity index (χ1v) is 6.28. The van der Waals surface area contributed by atoms with E-state index in [-0.39, 0.29) is 18.3 Å². The maximum absolute atomic E-state index is 13.6. The molecule has 2 N–H and O–H groups in total. The molecule has 1 unspecified atom stereocenters. The van der Waals surface area contributed by atoms with E-state index in [9.17, 15) is 9.18 Å². The fourth-order valence-corrected chi connectivity index (χ4v) is 1.49. The first kappa shape index (κ1) is 15.4. The van der Waals surface area contributed by atoms with Crippen molar-refractivity contribution in [1.29, 1.82) is 0 Å². The number of benzene rings is 1. The number of hydrogen-bond donors (Lipinski definition) is 2. The van der Waals surface area contributed by atoms with Gasteiger partial charge in [-0.25, -0.2) is 4.39 Å². The Morgan fingerprint density at radius 3 is 2.68 bits per heavy atom. The minimum absolute atomic E-state index is 0.0720. The fourth-order valence-electron chi connectivity index (χ4n) is 1.49. The van der Waals surface area contributed by atoms with E-state index in [1.165, 1.54) is 12.1 Å². The molecule has 0 aliphatic carbocycles. The lowest BCUT2D eigenvalue weighted by Crippen LogP contribution is -2.38. The van der Waals surface area contributed by atoms with Gasteiger partial charge in [0.1, 0.15) is 0 Å². The molecule has 0 radical (unpaired) electrons. The molecule has 19 heavy (non-hydrogen) atoms. The van der Waals surface area contributed by atoms with E-state index < -0.39 is 11.9 Å². The molecule has 0 aliphatic heterocycles. The number of carbonyl (C=O) groups is 1. The van der Waals surface area contributed by atoms with Crippen molar-refractivity contribution >= 4 is 5.91 Å². The molecule has 106 valence electrons. The van der Waals surface area contributed by atoms with Crippen molar-refractivity contribution in [1.82, 2.24) is 5.32 Å². The average molecular weight is 269 g/mol. The number of para-hydroxylation sites is 1. The Kier molecular flexibility index (Phi) is 5.76. The molecular weight excluding hydrogens is 249 g/mol. The monoisotopic (exact) mass is 269 g/mol. The third-order valence-corrected chi connectivity index (χ3v) is 2.57. The van der Waals surface area contributed by atoms with Crippen LogP contribution < -0.4 is 10.1 Å². The van der Waals surface area contributed by atoms with Crippen LogP contribution in [0.5, 0.6) is 5.75 Å². The van der Waals surface area contributed by atoms with Gasteiger partial charge in [0.15, 0.2) is 17.7 Å². The van der Waals surface area contributed by atoms with Crippen LogP contribution >= 0.6 is 0 Å². The summed E-state index contributed by atoms with van der Waals surface area (Å²) in [7, 11) is 0. The van der Waals surface area contributed by atoms with Crippen molar-refractivity contribution < 1.29 is 19.0 Å². The number of aliphatic hydroxyl groups is 1. The first-order valence-electron chi connectivity index (χ1n) is 6.28. The largest absolute Gasteiger partial charge is 0.477 e. The van der Waals surface area contributed by atoms with Gasteiger partial charge in [-0.2, -0.15) is 0 Å². The number of halogens is 1. The Labute approximate surface area is 112 Å². The van der Waals surface area contributed by atoms with Crippen LogP contribution in [0.2, 0.25) is 0 Å². The highest BCUT2D eigenvalue weighted by Crippen LogP contribution is 2.23. The van der Waals surface area contributed by atoms with Crippen LogP contribution in [0.25, 0.3) is 0 Å². The van der Waals surface area contributed by atoms with E-state index in [1.807, 2.05) is 13.8 Å². The lowest BCUT2D eigenvalue weighted by Gasteiger charge is -2.17. The Balaban J connectivity index is 2.71. The number of hydrogen-bond acceptors (Lipinski definition) is 3. The SMILES string of the molecule is CC(C)CNC(=O)C(C)Oc1c(F)cccc1CO. The van der Waals surface area contributed by atoms with E-state index in [0.717, 1.165) is 0 Å². The zero-order chi connectivity index (χ0) is 14.4. The second-order valence-electron chi connectivity index (χ2n) is 4.79. The van der Waals surface area contributed by atoms with E-state index in [2.05, 4.69) is 5.32 Å². The molecule has 1 aromatic carbocycles. The van der Waals surface area contributed by atoms with Gasteiger partial charge < -0.3 is 15.2 Å². The molecule has 0 saturated heterocycles. The summed E-state index contributed by atoms with van der Waals surface area (Å²) in [4.78, 5) is 11.7. The van der Waals surface area contributed by atoms with Crippen molar-refractivity contribution in [2.24, 2.45) is 5.92 Å². The molecule has 1 rings (SSSR count). The average Bonchev–Trinajstić information content (AvgIpc) is 2.37.